The first-order valence-electron chi connectivity index (χ1n) is 5.37. The number of rotatable bonds is 4. The van der Waals surface area contributed by atoms with Gasteiger partial charge in [-0.25, -0.2) is 4.98 Å². The van der Waals surface area contributed by atoms with E-state index in [9.17, 15) is 0 Å². The fourth-order valence-electron chi connectivity index (χ4n) is 1.43. The lowest BCUT2D eigenvalue weighted by atomic mass is 10.2. The van der Waals surface area contributed by atoms with E-state index in [-0.39, 0.29) is 12.4 Å². The molecule has 2 aromatic rings. The van der Waals surface area contributed by atoms with Gasteiger partial charge in [0.2, 0.25) is 5.88 Å². The molecule has 1 aromatic carbocycles. The number of benzene rings is 1. The summed E-state index contributed by atoms with van der Waals surface area (Å²) in [5.41, 5.74) is 6.65. The molecule has 0 unspecified atom stereocenters. The van der Waals surface area contributed by atoms with Crippen LogP contribution in [-0.4, -0.2) is 15.9 Å². The average Bonchev–Trinajstić information content (AvgIpc) is 2.39. The van der Waals surface area contributed by atoms with Gasteiger partial charge in [0.05, 0.1) is 6.61 Å². The van der Waals surface area contributed by atoms with Crippen LogP contribution in [0.4, 0.5) is 0 Å². The summed E-state index contributed by atoms with van der Waals surface area (Å²) in [5.74, 6) is 0.982. The molecule has 0 amide bonds. The second-order valence-electron chi connectivity index (χ2n) is 3.71. The number of nitrogen functional groups attached to an aromatic ring is 1. The molecule has 0 aliphatic carbocycles. The number of nitrogens with zero attached hydrogens (tertiary/aromatic N) is 1. The summed E-state index contributed by atoms with van der Waals surface area (Å²) in [6, 6.07) is 10.4. The van der Waals surface area contributed by atoms with Gasteiger partial charge in [-0.15, -0.1) is 0 Å². The average molecular weight is 243 g/mol. The Morgan fingerprint density at radius 2 is 2.17 bits per heavy atom. The third-order valence-corrected chi connectivity index (χ3v) is 2.35. The molecule has 0 aliphatic rings. The van der Waals surface area contributed by atoms with Crippen LogP contribution in [0.15, 0.2) is 42.6 Å². The van der Waals surface area contributed by atoms with Crippen LogP contribution in [0.1, 0.15) is 11.1 Å². The van der Waals surface area contributed by atoms with Crippen molar-refractivity contribution in [3.8, 4) is 11.6 Å². The van der Waals surface area contributed by atoms with Gasteiger partial charge in [-0.2, -0.15) is 0 Å². The van der Waals surface area contributed by atoms with Crippen molar-refractivity contribution in [2.24, 2.45) is 5.73 Å². The van der Waals surface area contributed by atoms with Gasteiger partial charge in [0, 0.05) is 17.8 Å². The monoisotopic (exact) mass is 243 g/mol. The highest BCUT2D eigenvalue weighted by atomic mass is 16.5. The summed E-state index contributed by atoms with van der Waals surface area (Å²) in [6.07, 6.45) is 1.48. The van der Waals surface area contributed by atoms with Crippen molar-refractivity contribution in [1.82, 2.24) is 4.98 Å². The number of aliphatic hydroxyl groups excluding tert-OH is 1. The van der Waals surface area contributed by atoms with Crippen LogP contribution in [0.5, 0.6) is 11.6 Å². The maximum atomic E-state index is 9.02. The lowest BCUT2D eigenvalue weighted by Gasteiger charge is -2.06. The number of aliphatic hydroxyl groups is 1. The van der Waals surface area contributed by atoms with E-state index in [0.29, 0.717) is 17.2 Å². The van der Waals surface area contributed by atoms with Gasteiger partial charge in [-0.1, -0.05) is 12.1 Å². The molecule has 0 fully saturated rings. The van der Waals surface area contributed by atoms with Gasteiger partial charge >= 0.3 is 0 Å². The Balaban J connectivity index is 2.15. The first-order valence-corrected chi connectivity index (χ1v) is 5.37. The molecule has 2 rings (SSSR count). The maximum absolute atomic E-state index is 9.02. The number of hydrogen-bond acceptors (Lipinski definition) is 4. The lowest BCUT2D eigenvalue weighted by molar-refractivity contribution is 0.281. The van der Waals surface area contributed by atoms with E-state index in [1.807, 2.05) is 0 Å². The standard InChI is InChI=1S/C13H13N3O2/c14-13(15)10-4-5-12(16-7-10)18-11-3-1-2-9(6-11)8-17/h1-7,17H,8H2,(H3,14,15). The van der Waals surface area contributed by atoms with Gasteiger partial charge in [0.1, 0.15) is 11.6 Å². The molecule has 1 heterocycles. The molecule has 92 valence electrons. The van der Waals surface area contributed by atoms with Crippen LogP contribution in [0.3, 0.4) is 0 Å². The molecule has 18 heavy (non-hydrogen) atoms. The van der Waals surface area contributed by atoms with Crippen LogP contribution in [0.25, 0.3) is 0 Å². The molecular weight excluding hydrogens is 230 g/mol. The summed E-state index contributed by atoms with van der Waals surface area (Å²) in [6.45, 7) is -0.0338. The Bertz CT molecular complexity index is 552. The summed E-state index contributed by atoms with van der Waals surface area (Å²) in [7, 11) is 0. The molecule has 4 N–H and O–H groups in total. The Kier molecular flexibility index (Phi) is 3.54. The second-order valence-corrected chi connectivity index (χ2v) is 3.71. The van der Waals surface area contributed by atoms with E-state index in [0.717, 1.165) is 5.56 Å². The zero-order valence-electron chi connectivity index (χ0n) is 9.63. The summed E-state index contributed by atoms with van der Waals surface area (Å²) in [4.78, 5) is 4.05. The lowest BCUT2D eigenvalue weighted by Crippen LogP contribution is -2.11. The Hall–Kier alpha value is -2.40. The van der Waals surface area contributed by atoms with Crippen LogP contribution in [0.2, 0.25) is 0 Å². The van der Waals surface area contributed by atoms with E-state index >= 15 is 0 Å². The second kappa shape index (κ2) is 5.29. The third-order valence-electron chi connectivity index (χ3n) is 2.35. The third kappa shape index (κ3) is 2.83. The van der Waals surface area contributed by atoms with Crippen molar-refractivity contribution in [1.29, 1.82) is 5.41 Å². The molecular formula is C13H13N3O2. The van der Waals surface area contributed by atoms with Gasteiger partial charge in [-0.05, 0) is 23.8 Å². The number of nitrogens with two attached hydrogens (primary N) is 1. The molecule has 0 saturated heterocycles. The van der Waals surface area contributed by atoms with Gasteiger partial charge < -0.3 is 15.6 Å². The Morgan fingerprint density at radius 3 is 2.78 bits per heavy atom. The predicted molar refractivity (Wildman–Crippen MR) is 67.7 cm³/mol. The van der Waals surface area contributed by atoms with E-state index in [4.69, 9.17) is 21.0 Å². The highest BCUT2D eigenvalue weighted by molar-refractivity contribution is 5.94. The van der Waals surface area contributed by atoms with Crippen LogP contribution < -0.4 is 10.5 Å². The first-order chi connectivity index (χ1) is 8.69. The van der Waals surface area contributed by atoms with Crippen molar-refractivity contribution in [3.05, 3.63) is 53.7 Å². The minimum atomic E-state index is -0.0338. The van der Waals surface area contributed by atoms with E-state index in [1.54, 1.807) is 36.4 Å². The quantitative estimate of drug-likeness (QED) is 0.562. The number of aromatic nitrogens is 1. The Morgan fingerprint density at radius 1 is 1.33 bits per heavy atom. The predicted octanol–water partition coefficient (Wildman–Crippen LogP) is 1.65. The summed E-state index contributed by atoms with van der Waals surface area (Å²) >= 11 is 0. The van der Waals surface area contributed by atoms with E-state index < -0.39 is 0 Å². The van der Waals surface area contributed by atoms with Gasteiger partial charge in [0.25, 0.3) is 0 Å². The van der Waals surface area contributed by atoms with Crippen molar-refractivity contribution < 1.29 is 9.84 Å². The minimum absolute atomic E-state index is 0.0312. The molecule has 1 aromatic heterocycles. The Labute approximate surface area is 104 Å². The van der Waals surface area contributed by atoms with Crippen molar-refractivity contribution in [2.45, 2.75) is 6.61 Å². The SMILES string of the molecule is N=C(N)c1ccc(Oc2cccc(CO)c2)nc1. The van der Waals surface area contributed by atoms with Crippen molar-refractivity contribution in [2.75, 3.05) is 0 Å². The van der Waals surface area contributed by atoms with Gasteiger partial charge in [-0.3, -0.25) is 5.41 Å². The molecule has 5 nitrogen and oxygen atoms in total. The molecule has 0 atom stereocenters. The van der Waals surface area contributed by atoms with E-state index in [2.05, 4.69) is 4.98 Å². The maximum Gasteiger partial charge on any atom is 0.219 e. The number of amidine groups is 1. The topological polar surface area (TPSA) is 92.2 Å². The molecule has 5 heteroatoms. The number of ether oxygens (including phenoxy) is 1. The fourth-order valence-corrected chi connectivity index (χ4v) is 1.43. The van der Waals surface area contributed by atoms with Crippen LogP contribution in [0, 0.1) is 5.41 Å². The van der Waals surface area contributed by atoms with Crippen molar-refractivity contribution in [3.63, 3.8) is 0 Å². The van der Waals surface area contributed by atoms with Crippen molar-refractivity contribution >= 4 is 5.84 Å². The molecule has 0 radical (unpaired) electrons. The fraction of sp³-hybridized carbons (Fsp3) is 0.0769. The zero-order valence-corrected chi connectivity index (χ0v) is 9.63. The summed E-state index contributed by atoms with van der Waals surface area (Å²) in [5, 5.41) is 16.3. The highest BCUT2D eigenvalue weighted by Gasteiger charge is 2.01. The van der Waals surface area contributed by atoms with Crippen LogP contribution >= 0.6 is 0 Å². The number of nitrogens with one attached hydrogen (secondary N) is 1. The largest absolute Gasteiger partial charge is 0.439 e. The molecule has 0 spiro atoms. The number of hydrogen-bond donors (Lipinski definition) is 3. The molecule has 0 aliphatic heterocycles. The highest BCUT2D eigenvalue weighted by Crippen LogP contribution is 2.20. The first kappa shape index (κ1) is 12.1. The zero-order chi connectivity index (χ0) is 13.0. The molecule has 0 saturated carbocycles. The molecule has 0 bridgehead atoms. The van der Waals surface area contributed by atoms with Crippen LogP contribution in [-0.2, 0) is 6.61 Å². The number of pyridine rings is 1. The normalized spacial score (nSPS) is 10.1. The smallest absolute Gasteiger partial charge is 0.219 e. The van der Waals surface area contributed by atoms with Gasteiger partial charge in [0.15, 0.2) is 0 Å². The minimum Gasteiger partial charge on any atom is -0.439 e. The van der Waals surface area contributed by atoms with E-state index in [1.165, 1.54) is 6.20 Å². The summed E-state index contributed by atoms with van der Waals surface area (Å²) < 4.78 is 5.52.